The second-order valence-electron chi connectivity index (χ2n) is 5.31. The minimum absolute atomic E-state index is 0.0402. The molecule has 0 unspecified atom stereocenters. The molecule has 1 saturated carbocycles. The van der Waals surface area contributed by atoms with Gasteiger partial charge in [0.15, 0.2) is 6.61 Å². The van der Waals surface area contributed by atoms with E-state index < -0.39 is 0 Å². The van der Waals surface area contributed by atoms with Crippen LogP contribution in [0.3, 0.4) is 0 Å². The first-order valence-electron chi connectivity index (χ1n) is 7.27. The molecule has 2 amide bonds. The quantitative estimate of drug-likeness (QED) is 0.801. The van der Waals surface area contributed by atoms with Crippen molar-refractivity contribution in [3.05, 3.63) is 18.3 Å². The van der Waals surface area contributed by atoms with E-state index in [0.29, 0.717) is 11.6 Å². The average Bonchev–Trinajstić information content (AvgIpc) is 3.31. The maximum absolute atomic E-state index is 11.6. The molecule has 1 aromatic rings. The van der Waals surface area contributed by atoms with Gasteiger partial charge in [-0.1, -0.05) is 6.92 Å². The number of aromatic nitrogens is 1. The van der Waals surface area contributed by atoms with Crippen molar-refractivity contribution in [2.75, 3.05) is 11.9 Å². The van der Waals surface area contributed by atoms with E-state index in [4.69, 9.17) is 4.74 Å². The third-order valence-corrected chi connectivity index (χ3v) is 3.32. The highest BCUT2D eigenvalue weighted by Crippen LogP contribution is 2.30. The summed E-state index contributed by atoms with van der Waals surface area (Å²) in [6.07, 6.45) is 4.33. The molecule has 1 heterocycles. The Morgan fingerprint density at radius 3 is 2.76 bits per heavy atom. The molecule has 1 aliphatic carbocycles. The van der Waals surface area contributed by atoms with E-state index in [2.05, 4.69) is 15.6 Å². The number of nitrogens with zero attached hydrogens (tertiary/aromatic N) is 1. The van der Waals surface area contributed by atoms with E-state index in [-0.39, 0.29) is 30.4 Å². The normalized spacial score (nSPS) is 15.1. The Labute approximate surface area is 124 Å². The number of rotatable bonds is 7. The second kappa shape index (κ2) is 7.06. The molecular weight excluding hydrogens is 270 g/mol. The number of carbonyl (C=O) groups is 2. The summed E-state index contributed by atoms with van der Waals surface area (Å²) < 4.78 is 5.30. The Kier molecular flexibility index (Phi) is 5.14. The van der Waals surface area contributed by atoms with Crippen LogP contribution in [0.15, 0.2) is 18.3 Å². The molecule has 0 radical (unpaired) electrons. The highest BCUT2D eigenvalue weighted by Gasteiger charge is 2.29. The van der Waals surface area contributed by atoms with E-state index in [1.54, 1.807) is 12.1 Å². The number of anilines is 1. The van der Waals surface area contributed by atoms with Crippen LogP contribution >= 0.6 is 0 Å². The lowest BCUT2D eigenvalue weighted by Crippen LogP contribution is -2.35. The maximum Gasteiger partial charge on any atom is 0.258 e. The molecule has 0 aromatic carbocycles. The van der Waals surface area contributed by atoms with Crippen molar-refractivity contribution in [3.63, 3.8) is 0 Å². The minimum atomic E-state index is -0.169. The Morgan fingerprint density at radius 2 is 2.19 bits per heavy atom. The van der Waals surface area contributed by atoms with Crippen LogP contribution in [0, 0.1) is 5.92 Å². The molecule has 0 saturated heterocycles. The van der Waals surface area contributed by atoms with E-state index in [1.165, 1.54) is 6.20 Å². The molecule has 0 aliphatic heterocycles. The van der Waals surface area contributed by atoms with Gasteiger partial charge in [0, 0.05) is 18.0 Å². The second-order valence-corrected chi connectivity index (χ2v) is 5.31. The van der Waals surface area contributed by atoms with Gasteiger partial charge in [-0.25, -0.2) is 4.98 Å². The predicted octanol–water partition coefficient (Wildman–Crippen LogP) is 1.72. The van der Waals surface area contributed by atoms with Gasteiger partial charge in [0.1, 0.15) is 0 Å². The number of pyridine rings is 1. The van der Waals surface area contributed by atoms with E-state index >= 15 is 0 Å². The molecule has 2 N–H and O–H groups in total. The zero-order chi connectivity index (χ0) is 15.2. The average molecular weight is 291 g/mol. The van der Waals surface area contributed by atoms with Gasteiger partial charge in [-0.3, -0.25) is 9.59 Å². The molecule has 1 aliphatic rings. The van der Waals surface area contributed by atoms with E-state index in [0.717, 1.165) is 19.3 Å². The topological polar surface area (TPSA) is 80.3 Å². The lowest BCUT2D eigenvalue weighted by molar-refractivity contribution is -0.123. The number of nitrogens with one attached hydrogen (secondary N) is 2. The van der Waals surface area contributed by atoms with Crippen LogP contribution in [0.5, 0.6) is 5.88 Å². The first kappa shape index (κ1) is 15.3. The molecule has 1 fully saturated rings. The van der Waals surface area contributed by atoms with Gasteiger partial charge in [-0.15, -0.1) is 0 Å². The minimum Gasteiger partial charge on any atom is -0.468 e. The van der Waals surface area contributed by atoms with Crippen LogP contribution in [0.2, 0.25) is 0 Å². The molecule has 2 rings (SSSR count). The molecule has 0 bridgehead atoms. The zero-order valence-electron chi connectivity index (χ0n) is 12.4. The zero-order valence-corrected chi connectivity index (χ0v) is 12.4. The Balaban J connectivity index is 1.76. The smallest absolute Gasteiger partial charge is 0.258 e. The van der Waals surface area contributed by atoms with Crippen molar-refractivity contribution in [1.29, 1.82) is 0 Å². The number of hydrogen-bond donors (Lipinski definition) is 2. The third-order valence-electron chi connectivity index (χ3n) is 3.32. The number of amides is 2. The summed E-state index contributed by atoms with van der Waals surface area (Å²) in [6.45, 7) is 3.88. The molecule has 1 aromatic heterocycles. The lowest BCUT2D eigenvalue weighted by atomic mass is 10.2. The molecule has 21 heavy (non-hydrogen) atoms. The Bertz CT molecular complexity index is 497. The lowest BCUT2D eigenvalue weighted by Gasteiger charge is -2.11. The summed E-state index contributed by atoms with van der Waals surface area (Å²) in [6, 6.07) is 3.49. The van der Waals surface area contributed by atoms with Crippen LogP contribution in [0.25, 0.3) is 0 Å². The highest BCUT2D eigenvalue weighted by molar-refractivity contribution is 5.93. The Hall–Kier alpha value is -2.11. The van der Waals surface area contributed by atoms with Crippen molar-refractivity contribution in [3.8, 4) is 5.88 Å². The number of carbonyl (C=O) groups excluding carboxylic acids is 2. The summed E-state index contributed by atoms with van der Waals surface area (Å²) in [5.74, 6) is 0.388. The monoisotopic (exact) mass is 291 g/mol. The molecule has 114 valence electrons. The summed E-state index contributed by atoms with van der Waals surface area (Å²) in [4.78, 5) is 27.2. The van der Waals surface area contributed by atoms with E-state index in [1.807, 2.05) is 13.8 Å². The number of hydrogen-bond acceptors (Lipinski definition) is 4. The van der Waals surface area contributed by atoms with Crippen LogP contribution < -0.4 is 15.4 Å². The fourth-order valence-corrected chi connectivity index (χ4v) is 1.69. The van der Waals surface area contributed by atoms with Gasteiger partial charge >= 0.3 is 0 Å². The predicted molar refractivity (Wildman–Crippen MR) is 79.0 cm³/mol. The largest absolute Gasteiger partial charge is 0.468 e. The van der Waals surface area contributed by atoms with Gasteiger partial charge in [0.2, 0.25) is 11.8 Å². The van der Waals surface area contributed by atoms with Crippen LogP contribution in [-0.2, 0) is 9.59 Å². The maximum atomic E-state index is 11.6. The van der Waals surface area contributed by atoms with Gasteiger partial charge in [0.25, 0.3) is 5.91 Å². The van der Waals surface area contributed by atoms with Gasteiger partial charge in [-0.2, -0.15) is 0 Å². The molecule has 1 atom stereocenters. The first-order valence-corrected chi connectivity index (χ1v) is 7.27. The molecule has 0 spiro atoms. The van der Waals surface area contributed by atoms with Gasteiger partial charge < -0.3 is 15.4 Å². The summed E-state index contributed by atoms with van der Waals surface area (Å²) in [5.41, 5.74) is 0.642. The van der Waals surface area contributed by atoms with Crippen LogP contribution in [0.1, 0.15) is 33.1 Å². The van der Waals surface area contributed by atoms with Crippen molar-refractivity contribution in [2.45, 2.75) is 39.2 Å². The van der Waals surface area contributed by atoms with Gasteiger partial charge in [-0.05, 0) is 32.3 Å². The van der Waals surface area contributed by atoms with Crippen molar-refractivity contribution in [2.24, 2.45) is 5.92 Å². The summed E-state index contributed by atoms with van der Waals surface area (Å²) in [7, 11) is 0. The van der Waals surface area contributed by atoms with Crippen molar-refractivity contribution in [1.82, 2.24) is 10.3 Å². The SMILES string of the molecule is CC[C@H](C)NC(=O)COc1ccc(NC(=O)C2CC2)cn1. The standard InChI is InChI=1S/C15H21N3O3/c1-3-10(2)17-13(19)9-21-14-7-6-12(8-16-14)18-15(20)11-4-5-11/h6-8,10-11H,3-5,9H2,1-2H3,(H,17,19)(H,18,20)/t10-/m0/s1. The van der Waals surface area contributed by atoms with Crippen LogP contribution in [0.4, 0.5) is 5.69 Å². The van der Waals surface area contributed by atoms with Gasteiger partial charge in [0.05, 0.1) is 11.9 Å². The fourth-order valence-electron chi connectivity index (χ4n) is 1.69. The summed E-state index contributed by atoms with van der Waals surface area (Å²) in [5, 5.41) is 5.60. The Morgan fingerprint density at radius 1 is 1.43 bits per heavy atom. The molecular formula is C15H21N3O3. The molecule has 6 heteroatoms. The van der Waals surface area contributed by atoms with Crippen LogP contribution in [-0.4, -0.2) is 29.4 Å². The summed E-state index contributed by atoms with van der Waals surface area (Å²) >= 11 is 0. The van der Waals surface area contributed by atoms with Crippen molar-refractivity contribution < 1.29 is 14.3 Å². The number of ether oxygens (including phenoxy) is 1. The third kappa shape index (κ3) is 5.06. The van der Waals surface area contributed by atoms with Crippen molar-refractivity contribution >= 4 is 17.5 Å². The van der Waals surface area contributed by atoms with E-state index in [9.17, 15) is 9.59 Å². The highest BCUT2D eigenvalue weighted by atomic mass is 16.5. The molecule has 6 nitrogen and oxygen atoms in total. The fraction of sp³-hybridized carbons (Fsp3) is 0.533. The first-order chi connectivity index (χ1) is 10.1.